The van der Waals surface area contributed by atoms with E-state index in [1.807, 2.05) is 0 Å². The maximum Gasteiger partial charge on any atom is 0.241 e. The molecule has 0 unspecified atom stereocenters. The van der Waals surface area contributed by atoms with Gasteiger partial charge >= 0.3 is 0 Å². The van der Waals surface area contributed by atoms with Crippen LogP contribution in [0.2, 0.25) is 5.02 Å². The standard InChI is InChI=1S/C16H19ClN2O3S/c1-16(2,11-18)19-23(20,21)13-9-7-12(8-10-13)22-15-6-4-3-5-14(15)17/h3-10,19H,11,18H2,1-2H3. The van der Waals surface area contributed by atoms with E-state index in [0.29, 0.717) is 16.5 Å². The number of para-hydroxylation sites is 1. The van der Waals surface area contributed by atoms with Gasteiger partial charge < -0.3 is 10.5 Å². The summed E-state index contributed by atoms with van der Waals surface area (Å²) in [6.45, 7) is 3.64. The fourth-order valence-corrected chi connectivity index (χ4v) is 3.40. The van der Waals surface area contributed by atoms with Crippen molar-refractivity contribution in [2.24, 2.45) is 5.73 Å². The van der Waals surface area contributed by atoms with Gasteiger partial charge in [0.05, 0.1) is 9.92 Å². The van der Waals surface area contributed by atoms with Gasteiger partial charge in [-0.2, -0.15) is 0 Å². The molecule has 2 rings (SSSR count). The van der Waals surface area contributed by atoms with Crippen molar-refractivity contribution in [2.75, 3.05) is 6.54 Å². The van der Waals surface area contributed by atoms with Crippen molar-refractivity contribution < 1.29 is 13.2 Å². The van der Waals surface area contributed by atoms with Crippen LogP contribution in [0.1, 0.15) is 13.8 Å². The van der Waals surface area contributed by atoms with Crippen LogP contribution < -0.4 is 15.2 Å². The normalized spacial score (nSPS) is 12.2. The smallest absolute Gasteiger partial charge is 0.241 e. The maximum atomic E-state index is 12.3. The highest BCUT2D eigenvalue weighted by Gasteiger charge is 2.24. The number of nitrogens with one attached hydrogen (secondary N) is 1. The van der Waals surface area contributed by atoms with Gasteiger partial charge in [-0.1, -0.05) is 23.7 Å². The lowest BCUT2D eigenvalue weighted by atomic mass is 10.1. The summed E-state index contributed by atoms with van der Waals surface area (Å²) in [4.78, 5) is 0.144. The first kappa shape index (κ1) is 17.7. The first-order valence-corrected chi connectivity index (χ1v) is 8.86. The third-order valence-electron chi connectivity index (χ3n) is 3.12. The summed E-state index contributed by atoms with van der Waals surface area (Å²) in [5.74, 6) is 1.00. The zero-order valence-electron chi connectivity index (χ0n) is 12.9. The number of nitrogens with two attached hydrogens (primary N) is 1. The van der Waals surface area contributed by atoms with E-state index in [1.54, 1.807) is 50.2 Å². The lowest BCUT2D eigenvalue weighted by Gasteiger charge is -2.23. The molecular formula is C16H19ClN2O3S. The van der Waals surface area contributed by atoms with E-state index >= 15 is 0 Å². The van der Waals surface area contributed by atoms with Crippen molar-refractivity contribution >= 4 is 21.6 Å². The third kappa shape index (κ3) is 4.68. The van der Waals surface area contributed by atoms with Gasteiger partial charge in [-0.15, -0.1) is 0 Å². The number of benzene rings is 2. The Morgan fingerprint density at radius 1 is 1.13 bits per heavy atom. The molecule has 0 aliphatic carbocycles. The van der Waals surface area contributed by atoms with E-state index < -0.39 is 15.6 Å². The summed E-state index contributed by atoms with van der Waals surface area (Å²) >= 11 is 6.02. The first-order chi connectivity index (χ1) is 10.7. The van der Waals surface area contributed by atoms with Crippen LogP contribution in [0.4, 0.5) is 0 Å². The predicted octanol–water partition coefficient (Wildman–Crippen LogP) is 3.15. The topological polar surface area (TPSA) is 81.4 Å². The van der Waals surface area contributed by atoms with E-state index in [2.05, 4.69) is 4.72 Å². The molecule has 5 nitrogen and oxygen atoms in total. The fourth-order valence-electron chi connectivity index (χ4n) is 1.81. The van der Waals surface area contributed by atoms with Crippen LogP contribution in [0.15, 0.2) is 53.4 Å². The van der Waals surface area contributed by atoms with Crippen molar-refractivity contribution in [3.63, 3.8) is 0 Å². The Balaban J connectivity index is 2.18. The quantitative estimate of drug-likeness (QED) is 0.834. The molecular weight excluding hydrogens is 336 g/mol. The van der Waals surface area contributed by atoms with E-state index in [-0.39, 0.29) is 11.4 Å². The lowest BCUT2D eigenvalue weighted by molar-refractivity contribution is 0.462. The fraction of sp³-hybridized carbons (Fsp3) is 0.250. The van der Waals surface area contributed by atoms with Crippen LogP contribution in [-0.2, 0) is 10.0 Å². The summed E-state index contributed by atoms with van der Waals surface area (Å²) in [6.07, 6.45) is 0. The molecule has 2 aromatic rings. The van der Waals surface area contributed by atoms with Gasteiger partial charge in [-0.05, 0) is 50.2 Å². The number of halogens is 1. The minimum atomic E-state index is -3.64. The zero-order chi connectivity index (χ0) is 17.1. The minimum Gasteiger partial charge on any atom is -0.456 e. The summed E-state index contributed by atoms with van der Waals surface area (Å²) < 4.78 is 32.8. The molecule has 0 amide bonds. The van der Waals surface area contributed by atoms with E-state index in [0.717, 1.165) is 0 Å². The third-order valence-corrected chi connectivity index (χ3v) is 5.15. The minimum absolute atomic E-state index is 0.144. The highest BCUT2D eigenvalue weighted by atomic mass is 35.5. The molecule has 0 aromatic heterocycles. The Hall–Kier alpha value is -1.60. The van der Waals surface area contributed by atoms with Crippen molar-refractivity contribution in [2.45, 2.75) is 24.3 Å². The molecule has 0 saturated heterocycles. The van der Waals surface area contributed by atoms with Crippen molar-refractivity contribution in [3.05, 3.63) is 53.6 Å². The predicted molar refractivity (Wildman–Crippen MR) is 91.4 cm³/mol. The Labute approximate surface area is 141 Å². The molecule has 0 aliphatic heterocycles. The number of hydrogen-bond donors (Lipinski definition) is 2. The maximum absolute atomic E-state index is 12.3. The average molecular weight is 355 g/mol. The van der Waals surface area contributed by atoms with Crippen molar-refractivity contribution in [1.82, 2.24) is 4.72 Å². The zero-order valence-corrected chi connectivity index (χ0v) is 14.5. The molecule has 0 bridgehead atoms. The molecule has 0 heterocycles. The first-order valence-electron chi connectivity index (χ1n) is 7.00. The molecule has 0 fully saturated rings. The summed E-state index contributed by atoms with van der Waals surface area (Å²) in [5.41, 5.74) is 4.84. The van der Waals surface area contributed by atoms with Gasteiger partial charge in [0.15, 0.2) is 0 Å². The summed E-state index contributed by atoms with van der Waals surface area (Å²) in [6, 6.07) is 13.2. The number of sulfonamides is 1. The van der Waals surface area contributed by atoms with Crippen molar-refractivity contribution in [1.29, 1.82) is 0 Å². The van der Waals surface area contributed by atoms with Crippen LogP contribution in [0.5, 0.6) is 11.5 Å². The Morgan fingerprint density at radius 3 is 2.30 bits per heavy atom. The van der Waals surface area contributed by atoms with Crippen LogP contribution in [0.25, 0.3) is 0 Å². The lowest BCUT2D eigenvalue weighted by Crippen LogP contribution is -2.48. The SMILES string of the molecule is CC(C)(CN)NS(=O)(=O)c1ccc(Oc2ccccc2Cl)cc1. The number of rotatable bonds is 6. The highest BCUT2D eigenvalue weighted by molar-refractivity contribution is 7.89. The van der Waals surface area contributed by atoms with E-state index in [4.69, 9.17) is 22.1 Å². The molecule has 0 radical (unpaired) electrons. The molecule has 0 aliphatic rings. The second-order valence-corrected chi connectivity index (χ2v) is 7.79. The van der Waals surface area contributed by atoms with Gasteiger partial charge in [-0.3, -0.25) is 0 Å². The van der Waals surface area contributed by atoms with Gasteiger partial charge in [0.2, 0.25) is 10.0 Å². The summed E-state index contributed by atoms with van der Waals surface area (Å²) in [5, 5.41) is 0.482. The second kappa shape index (κ2) is 6.88. The molecule has 2 aromatic carbocycles. The van der Waals surface area contributed by atoms with Gasteiger partial charge in [0.25, 0.3) is 0 Å². The molecule has 3 N–H and O–H groups in total. The van der Waals surface area contributed by atoms with Crippen molar-refractivity contribution in [3.8, 4) is 11.5 Å². The monoisotopic (exact) mass is 354 g/mol. The Kier molecular flexibility index (Phi) is 5.31. The number of hydrogen-bond acceptors (Lipinski definition) is 4. The van der Waals surface area contributed by atoms with Crippen LogP contribution >= 0.6 is 11.6 Å². The van der Waals surface area contributed by atoms with Gasteiger partial charge in [0.1, 0.15) is 11.5 Å². The molecule has 0 saturated carbocycles. The summed E-state index contributed by atoms with van der Waals surface area (Å²) in [7, 11) is -3.64. The van der Waals surface area contributed by atoms with Crippen LogP contribution in [-0.4, -0.2) is 20.5 Å². The van der Waals surface area contributed by atoms with E-state index in [9.17, 15) is 8.42 Å². The van der Waals surface area contributed by atoms with E-state index in [1.165, 1.54) is 12.1 Å². The Morgan fingerprint density at radius 2 is 1.74 bits per heavy atom. The molecule has 0 spiro atoms. The highest BCUT2D eigenvalue weighted by Crippen LogP contribution is 2.29. The molecule has 23 heavy (non-hydrogen) atoms. The molecule has 0 atom stereocenters. The molecule has 124 valence electrons. The second-order valence-electron chi connectivity index (χ2n) is 5.70. The largest absolute Gasteiger partial charge is 0.456 e. The van der Waals surface area contributed by atoms with Crippen LogP contribution in [0, 0.1) is 0 Å². The molecule has 7 heteroatoms. The number of ether oxygens (including phenoxy) is 1. The van der Waals surface area contributed by atoms with Crippen LogP contribution in [0.3, 0.4) is 0 Å². The Bertz CT molecular complexity index is 774. The van der Waals surface area contributed by atoms with Gasteiger partial charge in [-0.25, -0.2) is 13.1 Å². The van der Waals surface area contributed by atoms with Gasteiger partial charge in [0, 0.05) is 12.1 Å². The average Bonchev–Trinajstić information content (AvgIpc) is 2.49.